The summed E-state index contributed by atoms with van der Waals surface area (Å²) in [6, 6.07) is 9.45. The molecule has 1 amide bonds. The van der Waals surface area contributed by atoms with Crippen LogP contribution in [0.3, 0.4) is 0 Å². The minimum Gasteiger partial charge on any atom is -0.445 e. The average Bonchev–Trinajstić information content (AvgIpc) is 3.39. The number of aromatic nitrogens is 2. The molecule has 1 saturated heterocycles. The second-order valence-corrected chi connectivity index (χ2v) is 8.20. The molecule has 0 aliphatic carbocycles. The van der Waals surface area contributed by atoms with Crippen molar-refractivity contribution >= 4 is 17.5 Å². The summed E-state index contributed by atoms with van der Waals surface area (Å²) in [4.78, 5) is 19.1. The van der Waals surface area contributed by atoms with Crippen LogP contribution in [0.2, 0.25) is 5.02 Å². The molecule has 0 spiro atoms. The Morgan fingerprint density at radius 2 is 2.17 bits per heavy atom. The molecular weight excluding hydrogens is 390 g/mol. The Morgan fingerprint density at radius 3 is 2.93 bits per heavy atom. The van der Waals surface area contributed by atoms with E-state index >= 15 is 0 Å². The minimum atomic E-state index is -0.128. The molecule has 1 aliphatic rings. The lowest BCUT2D eigenvalue weighted by molar-refractivity contribution is 0.0656. The fourth-order valence-electron chi connectivity index (χ4n) is 3.60. The van der Waals surface area contributed by atoms with E-state index in [0.717, 1.165) is 29.9 Å². The molecule has 6 nitrogen and oxygen atoms in total. The standard InChI is InChI=1S/C22H24ClN3O3/c1-14(2)19-11-20(29-25-19)22(27)26-9-5-7-16(13-26)21-24-12-17(28-21)10-15-6-3-4-8-18(15)23/h3-4,6,8,11-12,14,16H,5,7,9-10,13H2,1-2H3. The van der Waals surface area contributed by atoms with Gasteiger partial charge in [0.25, 0.3) is 5.91 Å². The van der Waals surface area contributed by atoms with Crippen LogP contribution in [0.1, 0.15) is 72.0 Å². The number of hydrogen-bond donors (Lipinski definition) is 0. The summed E-state index contributed by atoms with van der Waals surface area (Å²) in [5, 5.41) is 4.71. The van der Waals surface area contributed by atoms with E-state index < -0.39 is 0 Å². The van der Waals surface area contributed by atoms with Crippen molar-refractivity contribution in [2.24, 2.45) is 0 Å². The summed E-state index contributed by atoms with van der Waals surface area (Å²) in [7, 11) is 0. The van der Waals surface area contributed by atoms with Gasteiger partial charge in [0.05, 0.1) is 17.8 Å². The highest BCUT2D eigenvalue weighted by Gasteiger charge is 2.30. The zero-order valence-corrected chi connectivity index (χ0v) is 17.4. The van der Waals surface area contributed by atoms with E-state index in [-0.39, 0.29) is 17.7 Å². The molecule has 0 saturated carbocycles. The highest BCUT2D eigenvalue weighted by atomic mass is 35.5. The largest absolute Gasteiger partial charge is 0.445 e. The van der Waals surface area contributed by atoms with Crippen LogP contribution in [-0.2, 0) is 6.42 Å². The number of piperidine rings is 1. The molecule has 7 heteroatoms. The van der Waals surface area contributed by atoms with E-state index in [9.17, 15) is 4.79 Å². The molecule has 0 radical (unpaired) electrons. The quantitative estimate of drug-likeness (QED) is 0.585. The molecule has 1 atom stereocenters. The number of oxazole rings is 1. The van der Waals surface area contributed by atoms with Crippen LogP contribution in [0.25, 0.3) is 0 Å². The topological polar surface area (TPSA) is 72.4 Å². The number of halogens is 1. The minimum absolute atomic E-state index is 0.0696. The van der Waals surface area contributed by atoms with E-state index in [4.69, 9.17) is 20.5 Å². The smallest absolute Gasteiger partial charge is 0.292 e. The molecule has 1 aliphatic heterocycles. The molecule has 3 aromatic rings. The van der Waals surface area contributed by atoms with Crippen molar-refractivity contribution in [3.8, 4) is 0 Å². The molecule has 0 N–H and O–H groups in total. The summed E-state index contributed by atoms with van der Waals surface area (Å²) in [6.07, 6.45) is 4.18. The Hall–Kier alpha value is -2.60. The maximum Gasteiger partial charge on any atom is 0.292 e. The SMILES string of the molecule is CC(C)c1cc(C(=O)N2CCCC(c3ncc(Cc4ccccc4Cl)o3)C2)on1. The maximum atomic E-state index is 12.8. The van der Waals surface area contributed by atoms with Gasteiger partial charge in [-0.15, -0.1) is 0 Å². The van der Waals surface area contributed by atoms with Crippen LogP contribution in [0.5, 0.6) is 0 Å². The zero-order valence-electron chi connectivity index (χ0n) is 16.6. The molecule has 3 heterocycles. The molecule has 4 rings (SSSR count). The third-order valence-corrected chi connectivity index (χ3v) is 5.65. The number of amides is 1. The highest BCUT2D eigenvalue weighted by molar-refractivity contribution is 6.31. The van der Waals surface area contributed by atoms with Gasteiger partial charge in [0, 0.05) is 30.6 Å². The van der Waals surface area contributed by atoms with Crippen molar-refractivity contribution in [3.05, 3.63) is 70.2 Å². The Labute approximate surface area is 174 Å². The number of likely N-dealkylation sites (tertiary alicyclic amines) is 1. The van der Waals surface area contributed by atoms with Gasteiger partial charge >= 0.3 is 0 Å². The Balaban J connectivity index is 1.44. The highest BCUT2D eigenvalue weighted by Crippen LogP contribution is 2.29. The number of carbonyl (C=O) groups excluding carboxylic acids is 1. The Kier molecular flexibility index (Phi) is 5.72. The summed E-state index contributed by atoms with van der Waals surface area (Å²) >= 11 is 6.24. The fourth-order valence-corrected chi connectivity index (χ4v) is 3.81. The van der Waals surface area contributed by atoms with Crippen LogP contribution in [0.15, 0.2) is 45.5 Å². The second kappa shape index (κ2) is 8.41. The first-order valence-corrected chi connectivity index (χ1v) is 10.3. The Morgan fingerprint density at radius 1 is 1.34 bits per heavy atom. The predicted molar refractivity (Wildman–Crippen MR) is 109 cm³/mol. The van der Waals surface area contributed by atoms with Crippen molar-refractivity contribution in [2.45, 2.75) is 44.9 Å². The normalized spacial score (nSPS) is 17.1. The summed E-state index contributed by atoms with van der Waals surface area (Å²) in [5.74, 6) is 1.90. The number of carbonyl (C=O) groups is 1. The maximum absolute atomic E-state index is 12.8. The predicted octanol–water partition coefficient (Wildman–Crippen LogP) is 5.05. The monoisotopic (exact) mass is 413 g/mol. The lowest BCUT2D eigenvalue weighted by Gasteiger charge is -2.30. The van der Waals surface area contributed by atoms with Crippen molar-refractivity contribution in [2.75, 3.05) is 13.1 Å². The third-order valence-electron chi connectivity index (χ3n) is 5.28. The lowest BCUT2D eigenvalue weighted by Crippen LogP contribution is -2.39. The molecular formula is C22H24ClN3O3. The van der Waals surface area contributed by atoms with Crippen LogP contribution >= 0.6 is 11.6 Å². The first kappa shape index (κ1) is 19.7. The van der Waals surface area contributed by atoms with Crippen LogP contribution in [0.4, 0.5) is 0 Å². The second-order valence-electron chi connectivity index (χ2n) is 7.79. The summed E-state index contributed by atoms with van der Waals surface area (Å²) in [6.45, 7) is 5.29. The molecule has 152 valence electrons. The molecule has 1 fully saturated rings. The van der Waals surface area contributed by atoms with Crippen molar-refractivity contribution in [1.29, 1.82) is 0 Å². The number of rotatable bonds is 5. The van der Waals surface area contributed by atoms with Gasteiger partial charge in [-0.2, -0.15) is 0 Å². The number of nitrogens with zero attached hydrogens (tertiary/aromatic N) is 3. The van der Waals surface area contributed by atoms with Gasteiger partial charge in [0.2, 0.25) is 5.76 Å². The van der Waals surface area contributed by atoms with Gasteiger partial charge in [-0.05, 0) is 30.4 Å². The van der Waals surface area contributed by atoms with Crippen molar-refractivity contribution < 1.29 is 13.7 Å². The van der Waals surface area contributed by atoms with Gasteiger partial charge < -0.3 is 13.8 Å². The summed E-state index contributed by atoms with van der Waals surface area (Å²) in [5.41, 5.74) is 1.79. The van der Waals surface area contributed by atoms with Crippen molar-refractivity contribution in [1.82, 2.24) is 15.0 Å². The number of hydrogen-bond acceptors (Lipinski definition) is 5. The average molecular weight is 414 g/mol. The Bertz CT molecular complexity index is 995. The van der Waals surface area contributed by atoms with Gasteiger partial charge in [-0.1, -0.05) is 48.8 Å². The summed E-state index contributed by atoms with van der Waals surface area (Å²) < 4.78 is 11.3. The van der Waals surface area contributed by atoms with Crippen LogP contribution < -0.4 is 0 Å². The third kappa shape index (κ3) is 4.37. The molecule has 1 unspecified atom stereocenters. The van der Waals surface area contributed by atoms with E-state index in [2.05, 4.69) is 10.1 Å². The van der Waals surface area contributed by atoms with Crippen molar-refractivity contribution in [3.63, 3.8) is 0 Å². The first-order chi connectivity index (χ1) is 14.0. The van der Waals surface area contributed by atoms with E-state index in [1.165, 1.54) is 0 Å². The molecule has 0 bridgehead atoms. The van der Waals surface area contributed by atoms with Gasteiger partial charge in [0.15, 0.2) is 5.89 Å². The van der Waals surface area contributed by atoms with E-state index in [1.54, 1.807) is 17.2 Å². The molecule has 29 heavy (non-hydrogen) atoms. The van der Waals surface area contributed by atoms with Gasteiger partial charge in [-0.3, -0.25) is 4.79 Å². The fraction of sp³-hybridized carbons (Fsp3) is 0.409. The van der Waals surface area contributed by atoms with Gasteiger partial charge in [0.1, 0.15) is 5.76 Å². The van der Waals surface area contributed by atoms with Gasteiger partial charge in [-0.25, -0.2) is 4.98 Å². The molecule has 1 aromatic carbocycles. The first-order valence-electron chi connectivity index (χ1n) is 9.95. The van der Waals surface area contributed by atoms with Crippen LogP contribution in [0, 0.1) is 0 Å². The zero-order chi connectivity index (χ0) is 20.4. The van der Waals surface area contributed by atoms with E-state index in [0.29, 0.717) is 36.2 Å². The van der Waals surface area contributed by atoms with Crippen LogP contribution in [-0.4, -0.2) is 34.0 Å². The lowest BCUT2D eigenvalue weighted by atomic mass is 9.97. The number of benzene rings is 1. The van der Waals surface area contributed by atoms with E-state index in [1.807, 2.05) is 38.1 Å². The molecule has 2 aromatic heterocycles.